The van der Waals surface area contributed by atoms with Crippen LogP contribution in [0.2, 0.25) is 0 Å². The van der Waals surface area contributed by atoms with Gasteiger partial charge in [-0.1, -0.05) is 6.07 Å². The van der Waals surface area contributed by atoms with Gasteiger partial charge in [0, 0.05) is 43.4 Å². The zero-order valence-corrected chi connectivity index (χ0v) is 17.2. The molecule has 1 fully saturated rings. The van der Waals surface area contributed by atoms with Gasteiger partial charge in [0.05, 0.1) is 15.4 Å². The highest BCUT2D eigenvalue weighted by molar-refractivity contribution is 7.98. The number of amides is 2. The molecule has 0 saturated carbocycles. The molecular formula is C20H18F3N3O4S. The fraction of sp³-hybridized carbons (Fsp3) is 0.300. The van der Waals surface area contributed by atoms with Gasteiger partial charge in [0.1, 0.15) is 0 Å². The van der Waals surface area contributed by atoms with Gasteiger partial charge in [-0.2, -0.15) is 13.2 Å². The summed E-state index contributed by atoms with van der Waals surface area (Å²) in [5.74, 6) is -0.944. The topological polar surface area (TPSA) is 83.8 Å². The minimum Gasteiger partial charge on any atom is -0.335 e. The lowest BCUT2D eigenvalue weighted by Crippen LogP contribution is -2.50. The molecule has 1 saturated heterocycles. The molecule has 3 rings (SSSR count). The molecule has 2 aromatic carbocycles. The molecule has 7 nitrogen and oxygen atoms in total. The first-order chi connectivity index (χ1) is 14.6. The molecule has 0 radical (unpaired) electrons. The Balaban J connectivity index is 1.68. The lowest BCUT2D eigenvalue weighted by Gasteiger charge is -2.35. The van der Waals surface area contributed by atoms with Crippen LogP contribution < -0.4 is 0 Å². The molecule has 1 heterocycles. The number of halogens is 3. The molecule has 31 heavy (non-hydrogen) atoms. The van der Waals surface area contributed by atoms with Crippen molar-refractivity contribution in [1.82, 2.24) is 9.80 Å². The minimum absolute atomic E-state index is 0.0714. The molecule has 0 atom stereocenters. The number of hydrogen-bond donors (Lipinski definition) is 0. The first-order valence-corrected chi connectivity index (χ1v) is 10.4. The first kappa shape index (κ1) is 22.6. The normalized spacial score (nSPS) is 14.5. The number of carbonyl (C=O) groups excluding carboxylic acids is 2. The molecule has 11 heteroatoms. The van der Waals surface area contributed by atoms with E-state index in [0.717, 1.165) is 12.1 Å². The van der Waals surface area contributed by atoms with Crippen LogP contribution in [0.15, 0.2) is 47.4 Å². The number of carbonyl (C=O) groups is 2. The van der Waals surface area contributed by atoms with E-state index in [2.05, 4.69) is 0 Å². The summed E-state index contributed by atoms with van der Waals surface area (Å²) in [5, 5.41) is 11.2. The van der Waals surface area contributed by atoms with Crippen molar-refractivity contribution in [2.75, 3.05) is 32.4 Å². The smallest absolute Gasteiger partial charge is 0.335 e. The predicted molar refractivity (Wildman–Crippen MR) is 108 cm³/mol. The van der Waals surface area contributed by atoms with Gasteiger partial charge in [0.2, 0.25) is 0 Å². The lowest BCUT2D eigenvalue weighted by atomic mass is 10.1. The van der Waals surface area contributed by atoms with Crippen LogP contribution >= 0.6 is 11.8 Å². The van der Waals surface area contributed by atoms with E-state index >= 15 is 0 Å². The third-order valence-electron chi connectivity index (χ3n) is 4.91. The van der Waals surface area contributed by atoms with Crippen LogP contribution in [-0.2, 0) is 6.18 Å². The third-order valence-corrected chi connectivity index (χ3v) is 5.70. The second-order valence-corrected chi connectivity index (χ2v) is 7.65. The van der Waals surface area contributed by atoms with E-state index < -0.39 is 28.5 Å². The van der Waals surface area contributed by atoms with Crippen molar-refractivity contribution >= 4 is 29.3 Å². The molecule has 2 amide bonds. The van der Waals surface area contributed by atoms with Gasteiger partial charge >= 0.3 is 6.18 Å². The van der Waals surface area contributed by atoms with E-state index in [9.17, 15) is 32.9 Å². The van der Waals surface area contributed by atoms with Gasteiger partial charge in [0.25, 0.3) is 17.5 Å². The van der Waals surface area contributed by atoms with E-state index in [1.807, 2.05) is 0 Å². The summed E-state index contributed by atoms with van der Waals surface area (Å²) in [6.45, 7) is 0.626. The lowest BCUT2D eigenvalue weighted by molar-refractivity contribution is -0.387. The Kier molecular flexibility index (Phi) is 6.54. The van der Waals surface area contributed by atoms with E-state index in [0.29, 0.717) is 4.90 Å². The van der Waals surface area contributed by atoms with Gasteiger partial charge in [-0.05, 0) is 36.6 Å². The van der Waals surface area contributed by atoms with E-state index in [4.69, 9.17) is 0 Å². The Bertz CT molecular complexity index is 1020. The third kappa shape index (κ3) is 4.98. The summed E-state index contributed by atoms with van der Waals surface area (Å²) < 4.78 is 38.7. The van der Waals surface area contributed by atoms with Gasteiger partial charge in [-0.3, -0.25) is 19.7 Å². The molecule has 0 aliphatic carbocycles. The number of rotatable bonds is 4. The Morgan fingerprint density at radius 1 is 0.968 bits per heavy atom. The summed E-state index contributed by atoms with van der Waals surface area (Å²) in [6.07, 6.45) is -2.85. The van der Waals surface area contributed by atoms with Gasteiger partial charge in [0.15, 0.2) is 0 Å². The predicted octanol–water partition coefficient (Wildman–Crippen LogP) is 3.93. The monoisotopic (exact) mass is 453 g/mol. The Morgan fingerprint density at radius 3 is 2.00 bits per heavy atom. The number of nitro groups is 1. The van der Waals surface area contributed by atoms with Gasteiger partial charge < -0.3 is 9.80 Å². The van der Waals surface area contributed by atoms with E-state index in [1.54, 1.807) is 6.26 Å². The van der Waals surface area contributed by atoms with Crippen LogP contribution in [0, 0.1) is 10.1 Å². The van der Waals surface area contributed by atoms with Crippen LogP contribution in [0.4, 0.5) is 18.9 Å². The van der Waals surface area contributed by atoms with Crippen molar-refractivity contribution in [1.29, 1.82) is 0 Å². The number of thioether (sulfide) groups is 1. The second-order valence-electron chi connectivity index (χ2n) is 6.81. The largest absolute Gasteiger partial charge is 0.416 e. The van der Waals surface area contributed by atoms with Crippen LogP contribution in [0.1, 0.15) is 26.3 Å². The first-order valence-electron chi connectivity index (χ1n) is 9.20. The molecule has 0 N–H and O–H groups in total. The maximum Gasteiger partial charge on any atom is 0.416 e. The van der Waals surface area contributed by atoms with Crippen LogP contribution in [0.5, 0.6) is 0 Å². The molecule has 1 aliphatic heterocycles. The molecule has 0 bridgehead atoms. The zero-order valence-electron chi connectivity index (χ0n) is 16.4. The summed E-state index contributed by atoms with van der Waals surface area (Å²) in [6, 6.07) is 8.48. The average Bonchev–Trinajstić information content (AvgIpc) is 2.77. The quantitative estimate of drug-likeness (QED) is 0.398. The molecule has 0 spiro atoms. The van der Waals surface area contributed by atoms with E-state index in [-0.39, 0.29) is 43.0 Å². The van der Waals surface area contributed by atoms with Gasteiger partial charge in [-0.15, -0.1) is 11.8 Å². The molecule has 0 unspecified atom stereocenters. The highest BCUT2D eigenvalue weighted by atomic mass is 32.2. The van der Waals surface area contributed by atoms with Crippen molar-refractivity contribution in [3.63, 3.8) is 0 Å². The Labute approximate surface area is 180 Å². The van der Waals surface area contributed by atoms with Crippen LogP contribution in [0.25, 0.3) is 0 Å². The Morgan fingerprint density at radius 2 is 1.52 bits per heavy atom. The highest BCUT2D eigenvalue weighted by Gasteiger charge is 2.32. The number of benzene rings is 2. The van der Waals surface area contributed by atoms with Crippen molar-refractivity contribution in [2.24, 2.45) is 0 Å². The maximum atomic E-state index is 12.9. The standard InChI is InChI=1S/C20H18F3N3O4S/c1-31-17-6-5-14(12-16(17)26(29)30)19(28)25-9-7-24(8-10-25)18(27)13-3-2-4-15(11-13)20(21,22)23/h2-6,11-12H,7-10H2,1H3. The molecule has 2 aromatic rings. The average molecular weight is 453 g/mol. The number of alkyl halides is 3. The Hall–Kier alpha value is -3.08. The highest BCUT2D eigenvalue weighted by Crippen LogP contribution is 2.30. The maximum absolute atomic E-state index is 12.9. The molecular weight excluding hydrogens is 435 g/mol. The van der Waals surface area contributed by atoms with Crippen molar-refractivity contribution < 1.29 is 27.7 Å². The van der Waals surface area contributed by atoms with Crippen molar-refractivity contribution in [3.8, 4) is 0 Å². The molecule has 1 aliphatic rings. The van der Waals surface area contributed by atoms with E-state index in [1.165, 1.54) is 51.9 Å². The summed E-state index contributed by atoms with van der Waals surface area (Å²) >= 11 is 1.20. The minimum atomic E-state index is -4.55. The summed E-state index contributed by atoms with van der Waals surface area (Å²) in [5.41, 5.74) is -0.959. The second kappa shape index (κ2) is 8.96. The zero-order chi connectivity index (χ0) is 22.8. The SMILES string of the molecule is CSc1ccc(C(=O)N2CCN(C(=O)c3cccc(C(F)(F)F)c3)CC2)cc1[N+](=O)[O-]. The summed E-state index contributed by atoms with van der Waals surface area (Å²) in [4.78, 5) is 39.3. The molecule has 164 valence electrons. The fourth-order valence-electron chi connectivity index (χ4n) is 3.27. The van der Waals surface area contributed by atoms with Crippen LogP contribution in [-0.4, -0.2) is 59.0 Å². The fourth-order valence-corrected chi connectivity index (χ4v) is 3.82. The van der Waals surface area contributed by atoms with Crippen molar-refractivity contribution in [3.05, 3.63) is 69.3 Å². The number of hydrogen-bond acceptors (Lipinski definition) is 5. The number of nitrogens with zero attached hydrogens (tertiary/aromatic N) is 3. The number of nitro benzene ring substituents is 1. The van der Waals surface area contributed by atoms with Crippen molar-refractivity contribution in [2.45, 2.75) is 11.1 Å². The van der Waals surface area contributed by atoms with Gasteiger partial charge in [-0.25, -0.2) is 0 Å². The summed E-state index contributed by atoms with van der Waals surface area (Å²) in [7, 11) is 0. The number of piperazine rings is 1. The molecule has 0 aromatic heterocycles. The van der Waals surface area contributed by atoms with Crippen LogP contribution in [0.3, 0.4) is 0 Å².